The molecule has 4 rings (SSSR count). The second kappa shape index (κ2) is 9.53. The van der Waals surface area contributed by atoms with Gasteiger partial charge in [-0.15, -0.1) is 0 Å². The molecule has 0 bridgehead atoms. The first kappa shape index (κ1) is 19.4. The van der Waals surface area contributed by atoms with Crippen LogP contribution in [0.3, 0.4) is 0 Å². The fraction of sp³-hybridized carbons (Fsp3) is 0.160. The minimum Gasteiger partial charge on any atom is -0.337 e. The Morgan fingerprint density at radius 3 is 2.60 bits per heavy atom. The van der Waals surface area contributed by atoms with Crippen molar-refractivity contribution in [3.05, 3.63) is 102 Å². The number of hydrogen-bond acceptors (Lipinski definition) is 3. The zero-order chi connectivity index (χ0) is 20.6. The van der Waals surface area contributed by atoms with Gasteiger partial charge in [-0.1, -0.05) is 30.0 Å². The first-order chi connectivity index (χ1) is 14.8. The van der Waals surface area contributed by atoms with Crippen molar-refractivity contribution in [3.63, 3.8) is 0 Å². The molecule has 0 atom stereocenters. The van der Waals surface area contributed by atoms with Gasteiger partial charge in [0.05, 0.1) is 17.6 Å². The summed E-state index contributed by atoms with van der Waals surface area (Å²) in [7, 11) is 0. The van der Waals surface area contributed by atoms with E-state index in [0.717, 1.165) is 36.2 Å². The Balaban J connectivity index is 1.51. The molecule has 0 saturated heterocycles. The highest BCUT2D eigenvalue weighted by molar-refractivity contribution is 5.96. The molecule has 0 unspecified atom stereocenters. The normalized spacial score (nSPS) is 10.4. The Morgan fingerprint density at radius 2 is 1.83 bits per heavy atom. The third kappa shape index (κ3) is 4.92. The Labute approximate surface area is 176 Å². The summed E-state index contributed by atoms with van der Waals surface area (Å²) in [6, 6.07) is 17.4. The van der Waals surface area contributed by atoms with Crippen LogP contribution in [-0.2, 0) is 6.54 Å². The minimum absolute atomic E-state index is 0.135. The molecule has 148 valence electrons. The lowest BCUT2D eigenvalue weighted by molar-refractivity contribution is 0.0979. The quantitative estimate of drug-likeness (QED) is 0.263. The molecule has 0 radical (unpaired) electrons. The molecule has 2 aromatic carbocycles. The Hall–Kier alpha value is -3.91. The summed E-state index contributed by atoms with van der Waals surface area (Å²) >= 11 is 0. The number of carbonyl (C=O) groups excluding carboxylic acids is 1. The van der Waals surface area contributed by atoms with E-state index in [1.54, 1.807) is 23.4 Å². The number of aryl methyl sites for hydroxylation is 1. The fourth-order valence-corrected chi connectivity index (χ4v) is 3.22. The van der Waals surface area contributed by atoms with Crippen LogP contribution in [0.5, 0.6) is 0 Å². The summed E-state index contributed by atoms with van der Waals surface area (Å²) < 4.78 is 3.80. The number of carbonyl (C=O) groups is 1. The molecule has 5 nitrogen and oxygen atoms in total. The van der Waals surface area contributed by atoms with Crippen molar-refractivity contribution >= 4 is 5.78 Å². The summed E-state index contributed by atoms with van der Waals surface area (Å²) in [5.74, 6) is 6.55. The largest absolute Gasteiger partial charge is 0.337 e. The van der Waals surface area contributed by atoms with Gasteiger partial charge in [0.2, 0.25) is 0 Å². The number of nitrogens with zero attached hydrogens (tertiary/aromatic N) is 4. The van der Waals surface area contributed by atoms with E-state index in [0.29, 0.717) is 12.0 Å². The molecule has 4 aromatic rings. The van der Waals surface area contributed by atoms with Crippen molar-refractivity contribution in [1.82, 2.24) is 19.3 Å². The topological polar surface area (TPSA) is 52.7 Å². The average Bonchev–Trinajstić information content (AvgIpc) is 3.50. The lowest BCUT2D eigenvalue weighted by atomic mass is 10.0. The summed E-state index contributed by atoms with van der Waals surface area (Å²) in [6.45, 7) is 0.874. The van der Waals surface area contributed by atoms with Crippen molar-refractivity contribution in [2.45, 2.75) is 25.8 Å². The molecule has 0 amide bonds. The van der Waals surface area contributed by atoms with Gasteiger partial charge in [0.25, 0.3) is 0 Å². The zero-order valence-electron chi connectivity index (χ0n) is 16.6. The van der Waals surface area contributed by atoms with Crippen molar-refractivity contribution in [3.8, 4) is 17.5 Å². The highest BCUT2D eigenvalue weighted by Crippen LogP contribution is 2.18. The maximum absolute atomic E-state index is 12.7. The van der Waals surface area contributed by atoms with Crippen LogP contribution in [0.25, 0.3) is 5.69 Å². The Morgan fingerprint density at radius 1 is 0.933 bits per heavy atom. The van der Waals surface area contributed by atoms with E-state index in [-0.39, 0.29) is 5.78 Å². The Bertz CT molecular complexity index is 1150. The van der Waals surface area contributed by atoms with Gasteiger partial charge in [-0.25, -0.2) is 9.67 Å². The SMILES string of the molecule is O=C(CCCCn1ccnc1)c1ccc(-n2cccn2)c(C#Cc2ccccc2)c1. The number of Topliss-reactive ketones (excluding diaryl/α,β-unsaturated/α-hetero) is 1. The van der Waals surface area contributed by atoms with Gasteiger partial charge in [-0.05, 0) is 49.2 Å². The third-order valence-corrected chi connectivity index (χ3v) is 4.81. The monoisotopic (exact) mass is 394 g/mol. The number of imidazole rings is 1. The van der Waals surface area contributed by atoms with Crippen LogP contribution in [0.1, 0.15) is 40.7 Å². The molecule has 0 aliphatic rings. The van der Waals surface area contributed by atoms with Gasteiger partial charge in [-0.2, -0.15) is 5.10 Å². The van der Waals surface area contributed by atoms with Crippen LogP contribution in [0.2, 0.25) is 0 Å². The molecule has 0 aliphatic heterocycles. The molecule has 0 aliphatic carbocycles. The van der Waals surface area contributed by atoms with Gasteiger partial charge < -0.3 is 4.57 Å². The summed E-state index contributed by atoms with van der Waals surface area (Å²) in [6.07, 6.45) is 11.4. The first-order valence-corrected chi connectivity index (χ1v) is 10.00. The smallest absolute Gasteiger partial charge is 0.162 e. The highest BCUT2D eigenvalue weighted by Gasteiger charge is 2.10. The second-order valence-corrected chi connectivity index (χ2v) is 6.98. The second-order valence-electron chi connectivity index (χ2n) is 6.98. The third-order valence-electron chi connectivity index (χ3n) is 4.81. The van der Waals surface area contributed by atoms with Crippen LogP contribution < -0.4 is 0 Å². The molecule has 2 heterocycles. The van der Waals surface area contributed by atoms with E-state index >= 15 is 0 Å². The van der Waals surface area contributed by atoms with E-state index in [9.17, 15) is 4.79 Å². The number of aromatic nitrogens is 4. The van der Waals surface area contributed by atoms with Crippen LogP contribution in [-0.4, -0.2) is 25.1 Å². The predicted octanol–water partition coefficient (Wildman–Crippen LogP) is 4.52. The molecule has 0 N–H and O–H groups in total. The molecular formula is C25H22N4O. The summed E-state index contributed by atoms with van der Waals surface area (Å²) in [4.78, 5) is 16.8. The number of benzene rings is 2. The van der Waals surface area contributed by atoms with Crippen molar-refractivity contribution < 1.29 is 4.79 Å². The van der Waals surface area contributed by atoms with Crippen molar-refractivity contribution in [2.24, 2.45) is 0 Å². The fourth-order valence-electron chi connectivity index (χ4n) is 3.22. The summed E-state index contributed by atoms with van der Waals surface area (Å²) in [5.41, 5.74) is 3.26. The maximum atomic E-state index is 12.7. The highest BCUT2D eigenvalue weighted by atomic mass is 16.1. The van der Waals surface area contributed by atoms with Crippen molar-refractivity contribution in [2.75, 3.05) is 0 Å². The summed E-state index contributed by atoms with van der Waals surface area (Å²) in [5, 5.41) is 4.32. The van der Waals surface area contributed by atoms with E-state index in [1.165, 1.54) is 0 Å². The van der Waals surface area contributed by atoms with Crippen LogP contribution >= 0.6 is 0 Å². The van der Waals surface area contributed by atoms with E-state index in [1.807, 2.05) is 71.6 Å². The molecule has 5 heteroatoms. The maximum Gasteiger partial charge on any atom is 0.162 e. The Kier molecular flexibility index (Phi) is 6.16. The van der Waals surface area contributed by atoms with E-state index < -0.39 is 0 Å². The number of rotatable bonds is 7. The number of unbranched alkanes of at least 4 members (excludes halogenated alkanes) is 1. The lowest BCUT2D eigenvalue weighted by Gasteiger charge is -2.08. The lowest BCUT2D eigenvalue weighted by Crippen LogP contribution is -2.04. The number of hydrogen-bond donors (Lipinski definition) is 0. The molecule has 0 saturated carbocycles. The minimum atomic E-state index is 0.135. The molecule has 0 spiro atoms. The van der Waals surface area contributed by atoms with E-state index in [4.69, 9.17) is 0 Å². The van der Waals surface area contributed by atoms with Crippen LogP contribution in [0.4, 0.5) is 0 Å². The molecular weight excluding hydrogens is 372 g/mol. The standard InChI is InChI=1S/C25H22N4O/c30-25(9-4-5-16-28-18-15-26-20-28)23-12-13-24(29-17-6-14-27-29)22(19-23)11-10-21-7-2-1-3-8-21/h1-3,6-8,12-15,17-20H,4-5,9,16H2. The molecule has 30 heavy (non-hydrogen) atoms. The van der Waals surface area contributed by atoms with Crippen LogP contribution in [0, 0.1) is 11.8 Å². The first-order valence-electron chi connectivity index (χ1n) is 10.00. The van der Waals surface area contributed by atoms with Gasteiger partial charge in [-0.3, -0.25) is 4.79 Å². The van der Waals surface area contributed by atoms with Crippen LogP contribution in [0.15, 0.2) is 85.7 Å². The molecule has 2 aromatic heterocycles. The van der Waals surface area contributed by atoms with Gasteiger partial charge in [0, 0.05) is 48.9 Å². The van der Waals surface area contributed by atoms with Crippen molar-refractivity contribution in [1.29, 1.82) is 0 Å². The predicted molar refractivity (Wildman–Crippen MR) is 116 cm³/mol. The average molecular weight is 394 g/mol. The van der Waals surface area contributed by atoms with Gasteiger partial charge >= 0.3 is 0 Å². The van der Waals surface area contributed by atoms with Gasteiger partial charge in [0.1, 0.15) is 0 Å². The van der Waals surface area contributed by atoms with Gasteiger partial charge in [0.15, 0.2) is 5.78 Å². The zero-order valence-corrected chi connectivity index (χ0v) is 16.6. The van der Waals surface area contributed by atoms with E-state index in [2.05, 4.69) is 21.9 Å². The molecule has 0 fully saturated rings. The number of ketones is 1.